The number of aliphatic imine (C=N–C) groups is 1. The molecule has 0 spiro atoms. The molecule has 0 amide bonds. The van der Waals surface area contributed by atoms with Crippen LogP contribution in [0.3, 0.4) is 0 Å². The molecule has 0 saturated heterocycles. The van der Waals surface area contributed by atoms with Gasteiger partial charge in [0.2, 0.25) is 0 Å². The van der Waals surface area contributed by atoms with Crippen LogP contribution in [0.25, 0.3) is 0 Å². The van der Waals surface area contributed by atoms with Gasteiger partial charge in [-0.2, -0.15) is 0 Å². The molecule has 1 aromatic heterocycles. The van der Waals surface area contributed by atoms with E-state index in [4.69, 9.17) is 4.52 Å². The van der Waals surface area contributed by atoms with Crippen molar-refractivity contribution in [2.24, 2.45) is 10.9 Å². The minimum absolute atomic E-state index is 0.175. The summed E-state index contributed by atoms with van der Waals surface area (Å²) in [5.74, 6) is 1.14. The van der Waals surface area contributed by atoms with Gasteiger partial charge in [0, 0.05) is 32.6 Å². The van der Waals surface area contributed by atoms with Gasteiger partial charge in [-0.1, -0.05) is 11.6 Å². The van der Waals surface area contributed by atoms with Crippen LogP contribution in [0.15, 0.2) is 21.8 Å². The van der Waals surface area contributed by atoms with Crippen molar-refractivity contribution in [1.82, 2.24) is 15.4 Å². The third kappa shape index (κ3) is 3.70. The fourth-order valence-electron chi connectivity index (χ4n) is 2.50. The summed E-state index contributed by atoms with van der Waals surface area (Å²) in [5.41, 5.74) is 0.867. The molecule has 2 rings (SSSR count). The minimum Gasteiger partial charge on any atom is -0.393 e. The Hall–Kier alpha value is -1.56. The number of hydrogen-bond acceptors (Lipinski definition) is 4. The highest BCUT2D eigenvalue weighted by molar-refractivity contribution is 5.79. The van der Waals surface area contributed by atoms with Crippen LogP contribution in [0.5, 0.6) is 0 Å². The third-order valence-corrected chi connectivity index (χ3v) is 3.61. The maximum absolute atomic E-state index is 9.80. The van der Waals surface area contributed by atoms with Gasteiger partial charge in [0.05, 0.1) is 12.6 Å². The quantitative estimate of drug-likeness (QED) is 0.624. The lowest BCUT2D eigenvalue weighted by Gasteiger charge is -2.23. The molecule has 0 aliphatic heterocycles. The summed E-state index contributed by atoms with van der Waals surface area (Å²) in [5, 5.41) is 17.0. The van der Waals surface area contributed by atoms with Crippen LogP contribution in [-0.2, 0) is 6.54 Å². The molecule has 2 N–H and O–H groups in total. The lowest BCUT2D eigenvalue weighted by atomic mass is 10.1. The second-order valence-electron chi connectivity index (χ2n) is 5.03. The molecule has 2 atom stereocenters. The monoisotopic (exact) mass is 266 g/mol. The molecular formula is C13H22N4O2. The first-order valence-electron chi connectivity index (χ1n) is 6.70. The molecule has 6 heteroatoms. The second-order valence-corrected chi connectivity index (χ2v) is 5.03. The van der Waals surface area contributed by atoms with Crippen LogP contribution in [0.2, 0.25) is 0 Å². The Balaban J connectivity index is 1.82. The Morgan fingerprint density at radius 2 is 2.47 bits per heavy atom. The summed E-state index contributed by atoms with van der Waals surface area (Å²) in [4.78, 5) is 6.23. The van der Waals surface area contributed by atoms with Crippen molar-refractivity contribution in [1.29, 1.82) is 0 Å². The van der Waals surface area contributed by atoms with Gasteiger partial charge in [-0.3, -0.25) is 4.99 Å². The zero-order chi connectivity index (χ0) is 13.7. The summed E-state index contributed by atoms with van der Waals surface area (Å²) in [6, 6.07) is 1.84. The molecule has 19 heavy (non-hydrogen) atoms. The first-order chi connectivity index (χ1) is 9.20. The second kappa shape index (κ2) is 6.56. The summed E-state index contributed by atoms with van der Waals surface area (Å²) >= 11 is 0. The molecule has 1 heterocycles. The van der Waals surface area contributed by atoms with Crippen molar-refractivity contribution in [2.75, 3.05) is 20.6 Å². The van der Waals surface area contributed by atoms with Crippen molar-refractivity contribution in [3.63, 3.8) is 0 Å². The van der Waals surface area contributed by atoms with Gasteiger partial charge in [0.1, 0.15) is 12.0 Å². The zero-order valence-corrected chi connectivity index (χ0v) is 11.5. The smallest absolute Gasteiger partial charge is 0.193 e. The molecule has 1 saturated carbocycles. The Kier molecular flexibility index (Phi) is 4.79. The van der Waals surface area contributed by atoms with Crippen molar-refractivity contribution >= 4 is 5.96 Å². The normalized spacial score (nSPS) is 23.6. The van der Waals surface area contributed by atoms with E-state index < -0.39 is 0 Å². The number of nitrogens with zero attached hydrogens (tertiary/aromatic N) is 3. The summed E-state index contributed by atoms with van der Waals surface area (Å²) in [7, 11) is 3.71. The van der Waals surface area contributed by atoms with Gasteiger partial charge < -0.3 is 19.8 Å². The molecule has 6 nitrogen and oxygen atoms in total. The minimum atomic E-state index is -0.175. The number of guanidine groups is 1. The number of nitrogens with one attached hydrogen (secondary N) is 1. The van der Waals surface area contributed by atoms with Gasteiger partial charge in [-0.05, 0) is 12.8 Å². The van der Waals surface area contributed by atoms with Crippen LogP contribution in [0.1, 0.15) is 25.0 Å². The van der Waals surface area contributed by atoms with Gasteiger partial charge in [-0.25, -0.2) is 0 Å². The molecule has 1 aromatic rings. The van der Waals surface area contributed by atoms with Gasteiger partial charge in [0.25, 0.3) is 0 Å². The molecule has 0 bridgehead atoms. The van der Waals surface area contributed by atoms with Crippen LogP contribution in [0.4, 0.5) is 0 Å². The number of hydrogen-bond donors (Lipinski definition) is 2. The van der Waals surface area contributed by atoms with Crippen LogP contribution >= 0.6 is 0 Å². The van der Waals surface area contributed by atoms with Crippen LogP contribution in [-0.4, -0.2) is 47.9 Å². The van der Waals surface area contributed by atoms with Crippen LogP contribution < -0.4 is 5.32 Å². The molecular weight excluding hydrogens is 244 g/mol. The topological polar surface area (TPSA) is 73.9 Å². The Bertz CT molecular complexity index is 405. The summed E-state index contributed by atoms with van der Waals surface area (Å²) in [6.07, 6.45) is 4.50. The first kappa shape index (κ1) is 13.9. The molecule has 0 radical (unpaired) electrons. The van der Waals surface area contributed by atoms with E-state index in [9.17, 15) is 5.11 Å². The molecule has 106 valence electrons. The van der Waals surface area contributed by atoms with E-state index in [0.29, 0.717) is 12.5 Å². The zero-order valence-electron chi connectivity index (χ0n) is 11.5. The number of aliphatic hydroxyl groups is 1. The maximum Gasteiger partial charge on any atom is 0.193 e. The largest absolute Gasteiger partial charge is 0.393 e. The molecule has 1 fully saturated rings. The number of aliphatic hydroxyl groups excluding tert-OH is 1. The third-order valence-electron chi connectivity index (χ3n) is 3.61. The van der Waals surface area contributed by atoms with E-state index in [1.54, 1.807) is 13.3 Å². The average molecular weight is 266 g/mol. The van der Waals surface area contributed by atoms with Gasteiger partial charge in [-0.15, -0.1) is 0 Å². The molecule has 0 aromatic carbocycles. The van der Waals surface area contributed by atoms with Crippen molar-refractivity contribution in [3.8, 4) is 0 Å². The van der Waals surface area contributed by atoms with Crippen LogP contribution in [0, 0.1) is 5.92 Å². The van der Waals surface area contributed by atoms with Crippen molar-refractivity contribution in [3.05, 3.63) is 18.0 Å². The number of rotatable bonds is 4. The van der Waals surface area contributed by atoms with Gasteiger partial charge in [0.15, 0.2) is 5.96 Å². The lowest BCUT2D eigenvalue weighted by Crippen LogP contribution is -2.41. The predicted octanol–water partition coefficient (Wildman–Crippen LogP) is 0.843. The standard InChI is InChI=1S/C13H22N4O2/c1-14-13(15-8-10-4-3-5-12(10)18)17(2)9-11-6-7-19-16-11/h6-7,10,12,18H,3-5,8-9H2,1-2H3,(H,14,15). The molecule has 2 unspecified atom stereocenters. The van der Waals surface area contributed by atoms with E-state index >= 15 is 0 Å². The first-order valence-corrected chi connectivity index (χ1v) is 6.70. The Morgan fingerprint density at radius 1 is 1.63 bits per heavy atom. The Morgan fingerprint density at radius 3 is 3.05 bits per heavy atom. The SMILES string of the molecule is CN=C(NCC1CCCC1O)N(C)Cc1ccon1. The number of aromatic nitrogens is 1. The fraction of sp³-hybridized carbons (Fsp3) is 0.692. The van der Waals surface area contributed by atoms with E-state index in [1.807, 2.05) is 18.0 Å². The lowest BCUT2D eigenvalue weighted by molar-refractivity contribution is 0.134. The molecule has 1 aliphatic carbocycles. The average Bonchev–Trinajstić information content (AvgIpc) is 3.02. The van der Waals surface area contributed by atoms with Gasteiger partial charge >= 0.3 is 0 Å². The summed E-state index contributed by atoms with van der Waals surface area (Å²) in [6.45, 7) is 1.40. The highest BCUT2D eigenvalue weighted by atomic mass is 16.5. The predicted molar refractivity (Wildman–Crippen MR) is 72.7 cm³/mol. The van der Waals surface area contributed by atoms with Crippen molar-refractivity contribution < 1.29 is 9.63 Å². The van der Waals surface area contributed by atoms with E-state index in [2.05, 4.69) is 15.5 Å². The summed E-state index contributed by atoms with van der Waals surface area (Å²) < 4.78 is 4.81. The van der Waals surface area contributed by atoms with E-state index in [1.165, 1.54) is 0 Å². The highest BCUT2D eigenvalue weighted by Gasteiger charge is 2.25. The maximum atomic E-state index is 9.80. The van der Waals surface area contributed by atoms with Crippen molar-refractivity contribution in [2.45, 2.75) is 31.9 Å². The fourth-order valence-corrected chi connectivity index (χ4v) is 2.50. The van der Waals surface area contributed by atoms with E-state index in [0.717, 1.165) is 37.5 Å². The van der Waals surface area contributed by atoms with E-state index in [-0.39, 0.29) is 6.10 Å². The molecule has 1 aliphatic rings. The Labute approximate surface area is 113 Å². The highest BCUT2D eigenvalue weighted by Crippen LogP contribution is 2.24.